The molecule has 0 aromatic carbocycles. The van der Waals surface area contributed by atoms with E-state index in [2.05, 4.69) is 26.2 Å². The van der Waals surface area contributed by atoms with Crippen molar-refractivity contribution in [2.75, 3.05) is 13.7 Å². The highest BCUT2D eigenvalue weighted by Gasteiger charge is 2.24. The molecule has 0 radical (unpaired) electrons. The summed E-state index contributed by atoms with van der Waals surface area (Å²) in [4.78, 5) is 0. The highest BCUT2D eigenvalue weighted by molar-refractivity contribution is 4.79. The van der Waals surface area contributed by atoms with E-state index in [-0.39, 0.29) is 0 Å². The largest absolute Gasteiger partial charge is 0.377 e. The summed E-state index contributed by atoms with van der Waals surface area (Å²) in [6.07, 6.45) is 8.18. The summed E-state index contributed by atoms with van der Waals surface area (Å²) in [5, 5.41) is 3.44. The van der Waals surface area contributed by atoms with Gasteiger partial charge in [-0.15, -0.1) is 0 Å². The average molecular weight is 213 g/mol. The van der Waals surface area contributed by atoms with Gasteiger partial charge in [0.1, 0.15) is 0 Å². The van der Waals surface area contributed by atoms with Crippen molar-refractivity contribution in [2.45, 2.75) is 64.5 Å². The third-order valence-corrected chi connectivity index (χ3v) is 3.47. The number of nitrogens with one attached hydrogen (secondary N) is 1. The SMILES string of the molecule is CCCC(C)CC(NC)C1CCCCO1. The minimum absolute atomic E-state index is 0.461. The minimum atomic E-state index is 0.461. The van der Waals surface area contributed by atoms with Crippen molar-refractivity contribution in [1.82, 2.24) is 5.32 Å². The lowest BCUT2D eigenvalue weighted by Crippen LogP contribution is -2.42. The molecule has 0 aromatic rings. The number of rotatable bonds is 6. The van der Waals surface area contributed by atoms with Gasteiger partial charge in [-0.05, 0) is 38.6 Å². The summed E-state index contributed by atoms with van der Waals surface area (Å²) in [6, 6.07) is 0.562. The molecule has 1 saturated heterocycles. The van der Waals surface area contributed by atoms with Crippen LogP contribution in [0, 0.1) is 5.92 Å². The molecule has 1 rings (SSSR count). The Hall–Kier alpha value is -0.0800. The molecule has 1 fully saturated rings. The Bertz CT molecular complexity index is 155. The number of hydrogen-bond acceptors (Lipinski definition) is 2. The Morgan fingerprint density at radius 2 is 2.20 bits per heavy atom. The van der Waals surface area contributed by atoms with Crippen molar-refractivity contribution in [3.63, 3.8) is 0 Å². The normalized spacial score (nSPS) is 26.2. The molecule has 15 heavy (non-hydrogen) atoms. The molecule has 0 bridgehead atoms. The zero-order valence-corrected chi connectivity index (χ0v) is 10.6. The van der Waals surface area contributed by atoms with E-state index >= 15 is 0 Å². The quantitative estimate of drug-likeness (QED) is 0.732. The molecule has 2 heteroatoms. The summed E-state index contributed by atoms with van der Waals surface area (Å²) in [5.41, 5.74) is 0. The molecule has 0 saturated carbocycles. The summed E-state index contributed by atoms with van der Waals surface area (Å²) in [6.45, 7) is 5.59. The first-order valence-corrected chi connectivity index (χ1v) is 6.56. The van der Waals surface area contributed by atoms with Crippen LogP contribution in [0.15, 0.2) is 0 Å². The van der Waals surface area contributed by atoms with E-state index in [0.717, 1.165) is 12.5 Å². The van der Waals surface area contributed by atoms with Crippen LogP contribution in [0.4, 0.5) is 0 Å². The van der Waals surface area contributed by atoms with Crippen molar-refractivity contribution >= 4 is 0 Å². The molecule has 0 amide bonds. The average Bonchev–Trinajstić information content (AvgIpc) is 2.27. The van der Waals surface area contributed by atoms with Crippen molar-refractivity contribution in [3.05, 3.63) is 0 Å². The van der Waals surface area contributed by atoms with Crippen LogP contribution in [0.5, 0.6) is 0 Å². The van der Waals surface area contributed by atoms with Gasteiger partial charge < -0.3 is 10.1 Å². The molecule has 2 nitrogen and oxygen atoms in total. The maximum absolute atomic E-state index is 5.85. The molecule has 1 aliphatic heterocycles. The second-order valence-electron chi connectivity index (χ2n) is 4.93. The molecule has 3 atom stereocenters. The molecule has 1 N–H and O–H groups in total. The van der Waals surface area contributed by atoms with Crippen LogP contribution in [-0.2, 0) is 4.74 Å². The molecule has 90 valence electrons. The molecule has 0 aromatic heterocycles. The first-order valence-electron chi connectivity index (χ1n) is 6.56. The lowest BCUT2D eigenvalue weighted by Gasteiger charge is -2.31. The molecule has 0 spiro atoms. The Morgan fingerprint density at radius 3 is 2.73 bits per heavy atom. The lowest BCUT2D eigenvalue weighted by molar-refractivity contribution is -0.0108. The van der Waals surface area contributed by atoms with Gasteiger partial charge in [-0.2, -0.15) is 0 Å². The smallest absolute Gasteiger partial charge is 0.0728 e. The second-order valence-corrected chi connectivity index (χ2v) is 4.93. The Labute approximate surface area is 94.8 Å². The molecule has 1 heterocycles. The Kier molecular flexibility index (Phi) is 6.26. The van der Waals surface area contributed by atoms with Gasteiger partial charge in [0.05, 0.1) is 6.10 Å². The van der Waals surface area contributed by atoms with Crippen molar-refractivity contribution in [1.29, 1.82) is 0 Å². The Balaban J connectivity index is 2.32. The van der Waals surface area contributed by atoms with Gasteiger partial charge in [-0.25, -0.2) is 0 Å². The standard InChI is InChI=1S/C13H27NO/c1-4-7-11(2)10-12(14-3)13-8-5-6-9-15-13/h11-14H,4-10H2,1-3H3. The highest BCUT2D eigenvalue weighted by atomic mass is 16.5. The Morgan fingerprint density at radius 1 is 1.40 bits per heavy atom. The van der Waals surface area contributed by atoms with Crippen LogP contribution in [0.1, 0.15) is 52.4 Å². The number of likely N-dealkylation sites (N-methyl/N-ethyl adjacent to an activating group) is 1. The summed E-state index contributed by atoms with van der Waals surface area (Å²) >= 11 is 0. The molecule has 3 unspecified atom stereocenters. The van der Waals surface area contributed by atoms with E-state index < -0.39 is 0 Å². The highest BCUT2D eigenvalue weighted by Crippen LogP contribution is 2.21. The van der Waals surface area contributed by atoms with E-state index in [9.17, 15) is 0 Å². The number of hydrogen-bond donors (Lipinski definition) is 1. The zero-order chi connectivity index (χ0) is 11.1. The maximum Gasteiger partial charge on any atom is 0.0728 e. The predicted octanol–water partition coefficient (Wildman–Crippen LogP) is 2.97. The summed E-state index contributed by atoms with van der Waals surface area (Å²) in [7, 11) is 2.07. The van der Waals surface area contributed by atoms with Crippen LogP contribution in [0.2, 0.25) is 0 Å². The van der Waals surface area contributed by atoms with Crippen LogP contribution >= 0.6 is 0 Å². The van der Waals surface area contributed by atoms with Crippen molar-refractivity contribution < 1.29 is 4.74 Å². The lowest BCUT2D eigenvalue weighted by atomic mass is 9.91. The minimum Gasteiger partial charge on any atom is -0.377 e. The summed E-state index contributed by atoms with van der Waals surface area (Å²) in [5.74, 6) is 0.818. The van der Waals surface area contributed by atoms with E-state index in [0.29, 0.717) is 12.1 Å². The van der Waals surface area contributed by atoms with Gasteiger partial charge >= 0.3 is 0 Å². The topological polar surface area (TPSA) is 21.3 Å². The van der Waals surface area contributed by atoms with Crippen LogP contribution < -0.4 is 5.32 Å². The van der Waals surface area contributed by atoms with E-state index in [1.807, 2.05) is 0 Å². The summed E-state index contributed by atoms with van der Waals surface area (Å²) < 4.78 is 5.85. The maximum atomic E-state index is 5.85. The monoisotopic (exact) mass is 213 g/mol. The van der Waals surface area contributed by atoms with Crippen molar-refractivity contribution in [3.8, 4) is 0 Å². The van der Waals surface area contributed by atoms with Gasteiger partial charge in [-0.1, -0.05) is 26.7 Å². The second kappa shape index (κ2) is 7.24. The first-order chi connectivity index (χ1) is 7.27. The fraction of sp³-hybridized carbons (Fsp3) is 1.00. The van der Waals surface area contributed by atoms with Crippen LogP contribution in [-0.4, -0.2) is 25.8 Å². The van der Waals surface area contributed by atoms with Gasteiger partial charge in [0.15, 0.2) is 0 Å². The predicted molar refractivity (Wildman–Crippen MR) is 65.1 cm³/mol. The van der Waals surface area contributed by atoms with Crippen LogP contribution in [0.25, 0.3) is 0 Å². The molecular formula is C13H27NO. The third kappa shape index (κ3) is 4.52. The zero-order valence-electron chi connectivity index (χ0n) is 10.6. The fourth-order valence-corrected chi connectivity index (χ4v) is 2.58. The first kappa shape index (κ1) is 13.0. The van der Waals surface area contributed by atoms with Gasteiger partial charge in [0.25, 0.3) is 0 Å². The fourth-order valence-electron chi connectivity index (χ4n) is 2.58. The molecule has 1 aliphatic rings. The van der Waals surface area contributed by atoms with E-state index in [1.54, 1.807) is 0 Å². The van der Waals surface area contributed by atoms with Crippen molar-refractivity contribution in [2.24, 2.45) is 5.92 Å². The van der Waals surface area contributed by atoms with E-state index in [4.69, 9.17) is 4.74 Å². The van der Waals surface area contributed by atoms with E-state index in [1.165, 1.54) is 38.5 Å². The van der Waals surface area contributed by atoms with Gasteiger partial charge in [-0.3, -0.25) is 0 Å². The van der Waals surface area contributed by atoms with Gasteiger partial charge in [0, 0.05) is 12.6 Å². The number of ether oxygens (including phenoxy) is 1. The molecule has 0 aliphatic carbocycles. The molecular weight excluding hydrogens is 186 g/mol. The van der Waals surface area contributed by atoms with Gasteiger partial charge in [0.2, 0.25) is 0 Å². The third-order valence-electron chi connectivity index (χ3n) is 3.47. The van der Waals surface area contributed by atoms with Crippen LogP contribution in [0.3, 0.4) is 0 Å².